The first-order valence-electron chi connectivity index (χ1n) is 12.4. The minimum atomic E-state index is -0.0861. The first-order valence-corrected chi connectivity index (χ1v) is 12.4. The molecule has 6 heteroatoms. The molecule has 0 radical (unpaired) electrons. The number of piperidine rings is 2. The Morgan fingerprint density at radius 2 is 1.62 bits per heavy atom. The van der Waals surface area contributed by atoms with Gasteiger partial charge in [0.1, 0.15) is 0 Å². The van der Waals surface area contributed by atoms with Crippen molar-refractivity contribution in [1.29, 1.82) is 0 Å². The smallest absolute Gasteiger partial charge is 0.292 e. The number of amides is 1. The number of carbonyl (C=O) groups excluding carboxylic acids is 1. The van der Waals surface area contributed by atoms with Crippen LogP contribution < -0.4 is 0 Å². The molecule has 0 saturated carbocycles. The molecule has 1 N–H and O–H groups in total. The molecule has 0 aliphatic carbocycles. The molecule has 2 fully saturated rings. The third kappa shape index (κ3) is 4.93. The molecule has 1 aromatic heterocycles. The van der Waals surface area contributed by atoms with Gasteiger partial charge in [-0.15, -0.1) is 0 Å². The summed E-state index contributed by atoms with van der Waals surface area (Å²) in [6.07, 6.45) is 4.18. The normalized spacial score (nSPS) is 20.1. The fourth-order valence-electron chi connectivity index (χ4n) is 5.52. The quantitative estimate of drug-likeness (QED) is 0.599. The van der Waals surface area contributed by atoms with Crippen LogP contribution in [0.5, 0.6) is 0 Å². The second-order valence-corrected chi connectivity index (χ2v) is 9.58. The molecule has 6 nitrogen and oxygen atoms in total. The maximum absolute atomic E-state index is 13.2. The highest BCUT2D eigenvalue weighted by Crippen LogP contribution is 2.32. The highest BCUT2D eigenvalue weighted by molar-refractivity contribution is 5.91. The number of carbonyl (C=O) groups is 1. The fourth-order valence-corrected chi connectivity index (χ4v) is 5.52. The number of aromatic nitrogens is 1. The van der Waals surface area contributed by atoms with Gasteiger partial charge in [-0.25, -0.2) is 0 Å². The molecule has 3 aromatic rings. The number of benzene rings is 2. The van der Waals surface area contributed by atoms with E-state index in [1.165, 1.54) is 0 Å². The Labute approximate surface area is 201 Å². The van der Waals surface area contributed by atoms with Gasteiger partial charge >= 0.3 is 0 Å². The number of aliphatic hydroxyl groups is 1. The van der Waals surface area contributed by atoms with Gasteiger partial charge < -0.3 is 14.5 Å². The number of rotatable bonds is 6. The Balaban J connectivity index is 1.27. The molecule has 178 valence electrons. The summed E-state index contributed by atoms with van der Waals surface area (Å²) in [5.41, 5.74) is 2.98. The van der Waals surface area contributed by atoms with Crippen LogP contribution in [0.4, 0.5) is 0 Å². The van der Waals surface area contributed by atoms with E-state index < -0.39 is 0 Å². The summed E-state index contributed by atoms with van der Waals surface area (Å²) in [5, 5.41) is 13.9. The lowest BCUT2D eigenvalue weighted by molar-refractivity contribution is 0.0433. The fraction of sp³-hybridized carbons (Fsp3) is 0.429. The van der Waals surface area contributed by atoms with Gasteiger partial charge in [0, 0.05) is 38.3 Å². The highest BCUT2D eigenvalue weighted by atomic mass is 16.5. The molecule has 0 bridgehead atoms. The van der Waals surface area contributed by atoms with Gasteiger partial charge in [0.05, 0.1) is 11.6 Å². The summed E-state index contributed by atoms with van der Waals surface area (Å²) in [4.78, 5) is 17.6. The molecule has 5 rings (SSSR count). The van der Waals surface area contributed by atoms with Gasteiger partial charge in [-0.05, 0) is 49.3 Å². The molecule has 1 amide bonds. The minimum Gasteiger partial charge on any atom is -0.396 e. The van der Waals surface area contributed by atoms with Crippen LogP contribution in [0, 0.1) is 5.92 Å². The molecule has 3 heterocycles. The van der Waals surface area contributed by atoms with Crippen LogP contribution >= 0.6 is 0 Å². The van der Waals surface area contributed by atoms with E-state index in [2.05, 4.69) is 34.3 Å². The van der Waals surface area contributed by atoms with Crippen LogP contribution in [-0.4, -0.2) is 64.8 Å². The zero-order valence-corrected chi connectivity index (χ0v) is 19.6. The zero-order chi connectivity index (χ0) is 23.3. The molecule has 2 aromatic carbocycles. The number of nitrogens with zero attached hydrogens (tertiary/aromatic N) is 3. The van der Waals surface area contributed by atoms with Crippen LogP contribution in [-0.2, 0) is 0 Å². The van der Waals surface area contributed by atoms with Crippen LogP contribution in [0.15, 0.2) is 71.3 Å². The largest absolute Gasteiger partial charge is 0.396 e. The summed E-state index contributed by atoms with van der Waals surface area (Å²) in [5.74, 6) is 0.535. The van der Waals surface area contributed by atoms with Crippen molar-refractivity contribution in [1.82, 2.24) is 15.0 Å². The van der Waals surface area contributed by atoms with E-state index in [9.17, 15) is 9.90 Å². The van der Waals surface area contributed by atoms with Crippen molar-refractivity contribution in [3.63, 3.8) is 0 Å². The number of hydrogen-bond acceptors (Lipinski definition) is 5. The van der Waals surface area contributed by atoms with E-state index in [-0.39, 0.29) is 18.4 Å². The van der Waals surface area contributed by atoms with Crippen LogP contribution in [0.3, 0.4) is 0 Å². The topological polar surface area (TPSA) is 69.8 Å². The van der Waals surface area contributed by atoms with Crippen molar-refractivity contribution in [2.24, 2.45) is 5.92 Å². The predicted molar refractivity (Wildman–Crippen MR) is 131 cm³/mol. The second kappa shape index (κ2) is 10.5. The Hall–Kier alpha value is -2.96. The van der Waals surface area contributed by atoms with Crippen molar-refractivity contribution >= 4 is 5.91 Å². The molecule has 0 unspecified atom stereocenters. The van der Waals surface area contributed by atoms with E-state index in [1.807, 2.05) is 47.4 Å². The molecule has 2 aliphatic heterocycles. The predicted octanol–water partition coefficient (Wildman–Crippen LogP) is 4.16. The number of aliphatic hydroxyl groups excluding tert-OH is 1. The average molecular weight is 460 g/mol. The number of likely N-dealkylation sites (tertiary alicyclic amines) is 2. The zero-order valence-electron chi connectivity index (χ0n) is 19.6. The molecular weight excluding hydrogens is 426 g/mol. The van der Waals surface area contributed by atoms with Gasteiger partial charge in [0.25, 0.3) is 5.91 Å². The average Bonchev–Trinajstić information content (AvgIpc) is 3.39. The molecule has 0 spiro atoms. The lowest BCUT2D eigenvalue weighted by Crippen LogP contribution is -2.50. The lowest BCUT2D eigenvalue weighted by Gasteiger charge is -2.41. The minimum absolute atomic E-state index is 0.0797. The molecule has 1 atom stereocenters. The van der Waals surface area contributed by atoms with E-state index in [1.54, 1.807) is 0 Å². The van der Waals surface area contributed by atoms with Gasteiger partial charge in [0.2, 0.25) is 5.76 Å². The summed E-state index contributed by atoms with van der Waals surface area (Å²) in [7, 11) is 0. The Kier molecular flexibility index (Phi) is 7.07. The van der Waals surface area contributed by atoms with Crippen molar-refractivity contribution < 1.29 is 14.4 Å². The number of hydrogen-bond donors (Lipinski definition) is 1. The van der Waals surface area contributed by atoms with E-state index in [4.69, 9.17) is 4.52 Å². The van der Waals surface area contributed by atoms with Crippen molar-refractivity contribution in [2.75, 3.05) is 32.8 Å². The first-order chi connectivity index (χ1) is 16.7. The van der Waals surface area contributed by atoms with Crippen LogP contribution in [0.25, 0.3) is 0 Å². The van der Waals surface area contributed by atoms with Gasteiger partial charge in [-0.1, -0.05) is 65.8 Å². The molecular formula is C28H33N3O3. The molecule has 2 saturated heterocycles. The summed E-state index contributed by atoms with van der Waals surface area (Å²) >= 11 is 0. The standard InChI is InChI=1S/C28H33N3O3/c32-20-21-8-7-15-31(19-21)24-13-16-30(17-14-24)28(33)26-18-25(29-34-26)27(22-9-3-1-4-10-22)23-11-5-2-6-12-23/h1-6,9-12,18,21,24,27,32H,7-8,13-17,19-20H2/t21-/m1/s1. The summed E-state index contributed by atoms with van der Waals surface area (Å²) in [6.45, 7) is 3.79. The van der Waals surface area contributed by atoms with E-state index in [0.717, 1.165) is 68.7 Å². The monoisotopic (exact) mass is 459 g/mol. The van der Waals surface area contributed by atoms with Crippen LogP contribution in [0.1, 0.15) is 59.0 Å². The first kappa shape index (κ1) is 22.8. The highest BCUT2D eigenvalue weighted by Gasteiger charge is 2.32. The Morgan fingerprint density at radius 3 is 2.24 bits per heavy atom. The van der Waals surface area contributed by atoms with E-state index in [0.29, 0.717) is 17.7 Å². The van der Waals surface area contributed by atoms with Gasteiger partial charge in [-0.2, -0.15) is 0 Å². The van der Waals surface area contributed by atoms with Gasteiger partial charge in [-0.3, -0.25) is 9.69 Å². The SMILES string of the molecule is O=C(c1cc(C(c2ccccc2)c2ccccc2)no1)N1CCC(N2CCC[C@@H](CO)C2)CC1. The summed E-state index contributed by atoms with van der Waals surface area (Å²) < 4.78 is 5.60. The molecule has 2 aliphatic rings. The second-order valence-electron chi connectivity index (χ2n) is 9.58. The maximum atomic E-state index is 13.2. The van der Waals surface area contributed by atoms with E-state index >= 15 is 0 Å². The van der Waals surface area contributed by atoms with Crippen molar-refractivity contribution in [3.8, 4) is 0 Å². The molecule has 34 heavy (non-hydrogen) atoms. The van der Waals surface area contributed by atoms with Crippen molar-refractivity contribution in [2.45, 2.75) is 37.6 Å². The Bertz CT molecular complexity index is 1020. The summed E-state index contributed by atoms with van der Waals surface area (Å²) in [6, 6.07) is 22.7. The third-order valence-electron chi connectivity index (χ3n) is 7.38. The lowest BCUT2D eigenvalue weighted by atomic mass is 9.88. The van der Waals surface area contributed by atoms with Crippen molar-refractivity contribution in [3.05, 3.63) is 89.3 Å². The third-order valence-corrected chi connectivity index (χ3v) is 7.38. The maximum Gasteiger partial charge on any atom is 0.292 e. The van der Waals surface area contributed by atoms with Gasteiger partial charge in [0.15, 0.2) is 0 Å². The van der Waals surface area contributed by atoms with Crippen LogP contribution in [0.2, 0.25) is 0 Å². The Morgan fingerprint density at radius 1 is 0.971 bits per heavy atom.